The Bertz CT molecular complexity index is 1460. The lowest BCUT2D eigenvalue weighted by atomic mass is 10.1. The van der Waals surface area contributed by atoms with E-state index in [0.29, 0.717) is 47.3 Å². The van der Waals surface area contributed by atoms with Crippen molar-refractivity contribution in [3.8, 4) is 5.75 Å². The predicted molar refractivity (Wildman–Crippen MR) is 137 cm³/mol. The first kappa shape index (κ1) is 23.3. The molecular weight excluding hydrogens is 462 g/mol. The number of carbonyl (C=O) groups excluding carboxylic acids is 1. The van der Waals surface area contributed by atoms with E-state index in [2.05, 4.69) is 25.5 Å². The number of anilines is 4. The third-order valence-corrected chi connectivity index (χ3v) is 5.76. The summed E-state index contributed by atoms with van der Waals surface area (Å²) in [6.07, 6.45) is 0. The van der Waals surface area contributed by atoms with Crippen LogP contribution in [0.2, 0.25) is 0 Å². The summed E-state index contributed by atoms with van der Waals surface area (Å²) in [4.78, 5) is 36.4. The van der Waals surface area contributed by atoms with Crippen molar-refractivity contribution in [1.29, 1.82) is 0 Å². The number of aryl methyl sites for hydroxylation is 1. The topological polar surface area (TPSA) is 119 Å². The normalized spacial score (nSPS) is 13.4. The Morgan fingerprint density at radius 2 is 1.78 bits per heavy atom. The minimum absolute atomic E-state index is 0.0925. The van der Waals surface area contributed by atoms with Crippen LogP contribution in [0.4, 0.5) is 23.0 Å². The van der Waals surface area contributed by atoms with Crippen molar-refractivity contribution >= 4 is 39.9 Å². The number of rotatable bonds is 6. The van der Waals surface area contributed by atoms with Crippen LogP contribution < -0.4 is 25.9 Å². The fraction of sp³-hybridized carbons (Fsp3) is 0.231. The van der Waals surface area contributed by atoms with Crippen LogP contribution in [0.1, 0.15) is 16.2 Å². The third kappa shape index (κ3) is 4.98. The third-order valence-electron chi connectivity index (χ3n) is 5.76. The zero-order chi connectivity index (χ0) is 25.1. The number of hydrogen-bond acceptors (Lipinski definition) is 9. The van der Waals surface area contributed by atoms with Gasteiger partial charge in [0.2, 0.25) is 0 Å². The highest BCUT2D eigenvalue weighted by Crippen LogP contribution is 2.25. The molecular formula is C26H25N5O5. The van der Waals surface area contributed by atoms with Gasteiger partial charge in [-0.3, -0.25) is 4.79 Å². The Hall–Kier alpha value is -4.44. The first-order valence-corrected chi connectivity index (χ1v) is 11.5. The second-order valence-electron chi connectivity index (χ2n) is 8.24. The second-order valence-corrected chi connectivity index (χ2v) is 8.24. The summed E-state index contributed by atoms with van der Waals surface area (Å²) in [6, 6.07) is 15.7. The van der Waals surface area contributed by atoms with Crippen LogP contribution in [0.5, 0.6) is 5.75 Å². The van der Waals surface area contributed by atoms with Gasteiger partial charge in [-0.05, 0) is 43.3 Å². The lowest BCUT2D eigenvalue weighted by Crippen LogP contribution is -2.36. The molecule has 184 valence electrons. The lowest BCUT2D eigenvalue weighted by molar-refractivity contribution is 0.102. The van der Waals surface area contributed by atoms with Crippen LogP contribution in [0.15, 0.2) is 63.8 Å². The van der Waals surface area contributed by atoms with Crippen LogP contribution in [-0.4, -0.2) is 49.3 Å². The minimum Gasteiger partial charge on any atom is -0.493 e. The molecule has 0 unspecified atom stereocenters. The molecule has 10 nitrogen and oxygen atoms in total. The Balaban J connectivity index is 1.30. The summed E-state index contributed by atoms with van der Waals surface area (Å²) >= 11 is 0. The maximum Gasteiger partial charge on any atom is 0.349 e. The number of amides is 1. The quantitative estimate of drug-likeness (QED) is 0.392. The van der Waals surface area contributed by atoms with E-state index in [1.807, 2.05) is 25.1 Å². The summed E-state index contributed by atoms with van der Waals surface area (Å²) in [5.74, 6) is 2.05. The zero-order valence-corrected chi connectivity index (χ0v) is 19.9. The molecule has 1 fully saturated rings. The van der Waals surface area contributed by atoms with Crippen LogP contribution in [0.3, 0.4) is 0 Å². The van der Waals surface area contributed by atoms with Crippen molar-refractivity contribution in [2.75, 3.05) is 48.9 Å². The Morgan fingerprint density at radius 1 is 1.03 bits per heavy atom. The fourth-order valence-corrected chi connectivity index (χ4v) is 3.99. The average Bonchev–Trinajstić information content (AvgIpc) is 2.89. The number of para-hydroxylation sites is 1. The van der Waals surface area contributed by atoms with Gasteiger partial charge in [-0.2, -0.15) is 0 Å². The largest absolute Gasteiger partial charge is 0.493 e. The Morgan fingerprint density at radius 3 is 2.53 bits per heavy atom. The van der Waals surface area contributed by atoms with Gasteiger partial charge in [0.05, 0.1) is 20.3 Å². The number of benzene rings is 2. The zero-order valence-electron chi connectivity index (χ0n) is 19.9. The molecule has 1 amide bonds. The van der Waals surface area contributed by atoms with Gasteiger partial charge in [-0.1, -0.05) is 12.1 Å². The van der Waals surface area contributed by atoms with E-state index >= 15 is 0 Å². The van der Waals surface area contributed by atoms with Gasteiger partial charge >= 0.3 is 5.63 Å². The molecule has 4 aromatic rings. The number of ether oxygens (including phenoxy) is 2. The van der Waals surface area contributed by atoms with Crippen LogP contribution in [0.25, 0.3) is 11.0 Å². The van der Waals surface area contributed by atoms with E-state index in [1.165, 1.54) is 13.2 Å². The SMILES string of the molecule is COc1cccc2cc(C(=O)Nc3ccc(Nc4cc(N5CCOCC5)nc(C)n4)cc3)c(=O)oc12. The van der Waals surface area contributed by atoms with Crippen molar-refractivity contribution in [3.63, 3.8) is 0 Å². The smallest absolute Gasteiger partial charge is 0.349 e. The molecule has 0 bridgehead atoms. The highest BCUT2D eigenvalue weighted by atomic mass is 16.5. The molecule has 3 heterocycles. The standard InChI is InChI=1S/C26H25N5O5/c1-16-27-22(15-23(28-16)31-10-12-35-13-11-31)29-18-6-8-19(9-7-18)30-25(32)20-14-17-4-3-5-21(34-2)24(17)36-26(20)33/h3-9,14-15H,10-13H2,1-2H3,(H,30,32)(H,27,28,29). The first-order chi connectivity index (χ1) is 17.5. The molecule has 10 heteroatoms. The number of hydrogen-bond donors (Lipinski definition) is 2. The molecule has 5 rings (SSSR count). The Labute approximate surface area is 206 Å². The predicted octanol–water partition coefficient (Wildman–Crippen LogP) is 3.73. The molecule has 2 aromatic carbocycles. The fourth-order valence-electron chi connectivity index (χ4n) is 3.99. The van der Waals surface area contributed by atoms with Crippen molar-refractivity contribution in [2.24, 2.45) is 0 Å². The van der Waals surface area contributed by atoms with Gasteiger partial charge < -0.3 is 29.4 Å². The minimum atomic E-state index is -0.738. The number of aromatic nitrogens is 2. The van der Waals surface area contributed by atoms with E-state index in [-0.39, 0.29) is 5.56 Å². The molecule has 1 aliphatic heterocycles. The van der Waals surface area contributed by atoms with Crippen molar-refractivity contribution in [2.45, 2.75) is 6.92 Å². The van der Waals surface area contributed by atoms with Crippen molar-refractivity contribution in [3.05, 3.63) is 76.4 Å². The maximum absolute atomic E-state index is 12.8. The summed E-state index contributed by atoms with van der Waals surface area (Å²) in [7, 11) is 1.49. The van der Waals surface area contributed by atoms with Gasteiger partial charge in [0, 0.05) is 35.9 Å². The molecule has 0 saturated carbocycles. The monoisotopic (exact) mass is 487 g/mol. The van der Waals surface area contributed by atoms with Gasteiger partial charge in [0.25, 0.3) is 5.91 Å². The molecule has 0 spiro atoms. The van der Waals surface area contributed by atoms with E-state index in [4.69, 9.17) is 13.9 Å². The number of fused-ring (bicyclic) bond motifs is 1. The molecule has 2 aromatic heterocycles. The highest BCUT2D eigenvalue weighted by molar-refractivity contribution is 6.05. The van der Waals surface area contributed by atoms with Crippen LogP contribution >= 0.6 is 0 Å². The number of nitrogens with one attached hydrogen (secondary N) is 2. The van der Waals surface area contributed by atoms with Crippen molar-refractivity contribution in [1.82, 2.24) is 9.97 Å². The highest BCUT2D eigenvalue weighted by Gasteiger charge is 2.17. The van der Waals surface area contributed by atoms with E-state index < -0.39 is 11.5 Å². The van der Waals surface area contributed by atoms with E-state index in [1.54, 1.807) is 30.3 Å². The van der Waals surface area contributed by atoms with E-state index in [9.17, 15) is 9.59 Å². The Kier molecular flexibility index (Phi) is 6.50. The molecule has 0 aliphatic carbocycles. The summed E-state index contributed by atoms with van der Waals surface area (Å²) in [5, 5.41) is 6.61. The molecule has 0 radical (unpaired) electrons. The van der Waals surface area contributed by atoms with Crippen LogP contribution in [0, 0.1) is 6.92 Å². The molecule has 2 N–H and O–H groups in total. The second kappa shape index (κ2) is 10.0. The van der Waals surface area contributed by atoms with Gasteiger partial charge in [-0.25, -0.2) is 14.8 Å². The summed E-state index contributed by atoms with van der Waals surface area (Å²) in [6.45, 7) is 4.77. The molecule has 1 aliphatic rings. The van der Waals surface area contributed by atoms with Gasteiger partial charge in [0.15, 0.2) is 11.3 Å². The summed E-state index contributed by atoms with van der Waals surface area (Å²) < 4.78 is 16.0. The van der Waals surface area contributed by atoms with Crippen LogP contribution in [-0.2, 0) is 4.74 Å². The van der Waals surface area contributed by atoms with Gasteiger partial charge in [-0.15, -0.1) is 0 Å². The number of carbonyl (C=O) groups is 1. The number of nitrogens with zero attached hydrogens (tertiary/aromatic N) is 3. The van der Waals surface area contributed by atoms with E-state index in [0.717, 1.165) is 24.6 Å². The average molecular weight is 488 g/mol. The molecule has 0 atom stereocenters. The number of morpholine rings is 1. The lowest BCUT2D eigenvalue weighted by Gasteiger charge is -2.28. The van der Waals surface area contributed by atoms with Crippen molar-refractivity contribution < 1.29 is 18.7 Å². The van der Waals surface area contributed by atoms with Gasteiger partial charge in [0.1, 0.15) is 23.0 Å². The number of methoxy groups -OCH3 is 1. The first-order valence-electron chi connectivity index (χ1n) is 11.5. The summed E-state index contributed by atoms with van der Waals surface area (Å²) in [5.41, 5.74) is 0.789. The molecule has 36 heavy (non-hydrogen) atoms. The molecule has 1 saturated heterocycles. The maximum atomic E-state index is 12.8.